The van der Waals surface area contributed by atoms with E-state index in [0.717, 1.165) is 144 Å². The van der Waals surface area contributed by atoms with Gasteiger partial charge in [-0.05, 0) is 185 Å². The standard InChI is InChI=1S/C27H31N7O2.C26H29N7O2.C26H35N5O4.C26H29N5O4/c1-18(2)34-27-23(16-31-34)25(29-13-20-14-30-26-9-4-5-10-33(20)26)12-24(32-27)19-7-6-8-22(11-19)36-17-21(35)15-28-3;1-17(2)33-26-22(15-30-33)24(28-13-19-14-29-25-8-3-4-9-32(19)25)11-23(31-26)18-6-5-7-21(10-18)35-16-20(34)12-27;1-17(2)31-25-22(15-28-31)24(30-10-8-18(9-11-30)26(33)34-4)13-23(29-25)19-6-5-7-21(12-19)35-16-20(32)14-27-3;1-17(2)31-25-22(14-28-31)24(30-26(33)35-15-18-7-4-3-5-8-18)12-23(29-25)19-9-6-10-21(11-19)34-16-20(32)13-27/h4-12,14,16,18,21,28,35H,13,15,17H2,1-3H3,(H,29,32);3-11,14-15,17,20,34H,12-13,16,27H2,1-2H3,(H,28,31);5-7,12-13,15,17-18,20,27,32H,8-11,14,16H2,1-4H3;3-12,14,17,20,32H,13,15-16,27H2,1-2H3,(H,29,30,33). The highest BCUT2D eigenvalue weighted by Crippen LogP contribution is 2.39. The quantitative estimate of drug-likeness (QED) is 0.0161. The van der Waals surface area contributed by atoms with Crippen molar-refractivity contribution in [3.05, 3.63) is 255 Å². The highest BCUT2D eigenvalue weighted by atomic mass is 16.5. The van der Waals surface area contributed by atoms with Gasteiger partial charge in [0.25, 0.3) is 0 Å². The van der Waals surface area contributed by atoms with Crippen molar-refractivity contribution in [3.8, 4) is 68.0 Å². The van der Waals surface area contributed by atoms with E-state index in [1.165, 1.54) is 7.11 Å². The van der Waals surface area contributed by atoms with Crippen LogP contribution in [0.15, 0.2) is 238 Å². The number of piperidine rings is 1. The minimum Gasteiger partial charge on any atom is -0.491 e. The molecule has 36 nitrogen and oxygen atoms in total. The van der Waals surface area contributed by atoms with E-state index >= 15 is 0 Å². The summed E-state index contributed by atoms with van der Waals surface area (Å²) in [4.78, 5) is 55.7. The summed E-state index contributed by atoms with van der Waals surface area (Å²) >= 11 is 0. The van der Waals surface area contributed by atoms with Crippen molar-refractivity contribution in [2.45, 2.75) is 137 Å². The summed E-state index contributed by atoms with van der Waals surface area (Å²) in [5, 5.41) is 77.2. The summed E-state index contributed by atoms with van der Waals surface area (Å²) in [6, 6.07) is 60.5. The van der Waals surface area contributed by atoms with E-state index in [4.69, 9.17) is 59.8 Å². The summed E-state index contributed by atoms with van der Waals surface area (Å²) in [6.45, 7) is 21.3. The van der Waals surface area contributed by atoms with Crippen molar-refractivity contribution in [3.63, 3.8) is 0 Å². The molecule has 13 N–H and O–H groups in total. The van der Waals surface area contributed by atoms with Gasteiger partial charge in [0.05, 0.1) is 130 Å². The van der Waals surface area contributed by atoms with Crippen LogP contribution in [-0.2, 0) is 34.0 Å². The van der Waals surface area contributed by atoms with Crippen LogP contribution in [0, 0.1) is 5.92 Å². The number of carbonyl (C=O) groups is 2. The van der Waals surface area contributed by atoms with Gasteiger partial charge >= 0.3 is 12.1 Å². The molecule has 1 fully saturated rings. The first-order valence-corrected chi connectivity index (χ1v) is 47.4. The minimum atomic E-state index is -0.744. The number of hydrogen-bond acceptors (Lipinski definition) is 29. The summed E-state index contributed by atoms with van der Waals surface area (Å²) < 4.78 is 45.1. The van der Waals surface area contributed by atoms with Gasteiger partial charge in [0.1, 0.15) is 91.7 Å². The number of amides is 1. The molecule has 0 saturated carbocycles. The molecular weight excluding hydrogens is 1790 g/mol. The van der Waals surface area contributed by atoms with Crippen molar-refractivity contribution in [1.29, 1.82) is 0 Å². The molecule has 12 aromatic heterocycles. The molecular formula is C105H124N24O12. The average molecular weight is 1910 g/mol. The number of imidazole rings is 2. The number of nitrogens with zero attached hydrogens (tertiary/aromatic N) is 17. The monoisotopic (exact) mass is 1910 g/mol. The second-order valence-electron chi connectivity index (χ2n) is 35.5. The number of likely N-dealkylation sites (N-methyl/N-ethyl adjacent to an activating group) is 2. The largest absolute Gasteiger partial charge is 0.491 e. The number of aliphatic hydroxyl groups excluding tert-OH is 4. The van der Waals surface area contributed by atoms with E-state index in [0.29, 0.717) is 71.6 Å². The lowest BCUT2D eigenvalue weighted by molar-refractivity contribution is -0.146. The van der Waals surface area contributed by atoms with Gasteiger partial charge in [0.15, 0.2) is 22.6 Å². The average Bonchev–Trinajstić information content (AvgIpc) is 1.70. The Morgan fingerprint density at radius 2 is 0.787 bits per heavy atom. The molecule has 736 valence electrons. The molecule has 1 saturated heterocycles. The SMILES string of the molecule is CC(C)n1ncc2c(NC(=O)OCc3ccccc3)cc(-c3cccc(OCC(O)CN)c3)nc21.CC(C)n1ncc2c(NCc3cnc4ccccn34)cc(-c3cccc(OCC(O)CN)c3)nc21.CNCC(O)COc1cccc(-c2cc(N3CCC(C(=O)OC)CC3)c3cnn(C(C)C)c3n2)c1.CNCC(O)COc1cccc(-c2cc(NCc3cnc4ccccn34)c3cnn(C(C)C)c3n2)c1. The lowest BCUT2D eigenvalue weighted by Gasteiger charge is -2.33. The predicted octanol–water partition coefficient (Wildman–Crippen LogP) is 14.7. The Balaban J connectivity index is 0.000000142. The smallest absolute Gasteiger partial charge is 0.411 e. The third kappa shape index (κ3) is 25.2. The zero-order valence-corrected chi connectivity index (χ0v) is 81.1. The summed E-state index contributed by atoms with van der Waals surface area (Å²) in [7, 11) is 5.05. The number of anilines is 4. The zero-order valence-electron chi connectivity index (χ0n) is 81.1. The number of ether oxygens (including phenoxy) is 6. The zero-order chi connectivity index (χ0) is 99.2. The fourth-order valence-electron chi connectivity index (χ4n) is 16.3. The van der Waals surface area contributed by atoms with Crippen molar-refractivity contribution >= 4 is 90.2 Å². The van der Waals surface area contributed by atoms with Crippen molar-refractivity contribution in [2.24, 2.45) is 17.4 Å². The third-order valence-electron chi connectivity index (χ3n) is 23.6. The van der Waals surface area contributed by atoms with Gasteiger partial charge in [-0.25, -0.2) is 53.4 Å². The van der Waals surface area contributed by atoms with Crippen LogP contribution in [0.1, 0.15) is 109 Å². The first-order chi connectivity index (χ1) is 68.4. The van der Waals surface area contributed by atoms with Crippen LogP contribution < -0.4 is 61.9 Å². The number of nitrogens with two attached hydrogens (primary N) is 2. The maximum atomic E-state index is 12.6. The summed E-state index contributed by atoms with van der Waals surface area (Å²) in [6.07, 6.45) is 13.4. The second kappa shape index (κ2) is 47.6. The molecule has 13 heterocycles. The molecule has 1 amide bonds. The molecule has 141 heavy (non-hydrogen) atoms. The van der Waals surface area contributed by atoms with Gasteiger partial charge < -0.3 is 95.3 Å². The van der Waals surface area contributed by atoms with Crippen LogP contribution in [0.25, 0.3) is 100 Å². The van der Waals surface area contributed by atoms with Crippen molar-refractivity contribution < 1.29 is 58.4 Å². The highest BCUT2D eigenvalue weighted by molar-refractivity contribution is 6.00. The van der Waals surface area contributed by atoms with E-state index < -0.39 is 30.5 Å². The Morgan fingerprint density at radius 1 is 0.426 bits per heavy atom. The number of fused-ring (bicyclic) bond motifs is 6. The number of benzene rings is 5. The fourth-order valence-corrected chi connectivity index (χ4v) is 16.3. The normalized spacial score (nSPS) is 13.1. The van der Waals surface area contributed by atoms with Gasteiger partial charge in [0.2, 0.25) is 0 Å². The Kier molecular flexibility index (Phi) is 33.9. The Labute approximate surface area is 817 Å². The topological polar surface area (TPSA) is 443 Å². The molecule has 17 aromatic rings. The van der Waals surface area contributed by atoms with Crippen molar-refractivity contribution in [1.82, 2.24) is 88.5 Å². The number of rotatable bonds is 37. The molecule has 4 atom stereocenters. The van der Waals surface area contributed by atoms with Crippen LogP contribution in [0.5, 0.6) is 23.0 Å². The van der Waals surface area contributed by atoms with E-state index in [1.54, 1.807) is 37.1 Å². The number of nitrogens with one attached hydrogen (secondary N) is 5. The maximum absolute atomic E-state index is 12.6. The van der Waals surface area contributed by atoms with Crippen LogP contribution in [-0.4, -0.2) is 222 Å². The molecule has 0 spiro atoms. The van der Waals surface area contributed by atoms with Crippen molar-refractivity contribution in [2.75, 3.05) is 108 Å². The van der Waals surface area contributed by atoms with Crippen LogP contribution in [0.4, 0.5) is 27.5 Å². The number of pyridine rings is 6. The Hall–Kier alpha value is -15.0. The summed E-state index contributed by atoms with van der Waals surface area (Å²) in [5.74, 6) is 2.40. The van der Waals surface area contributed by atoms with Gasteiger partial charge in [-0.1, -0.05) is 91.0 Å². The lowest BCUT2D eigenvalue weighted by atomic mass is 9.96. The fraction of sp³-hybridized carbons (Fsp3) is 0.333. The minimum absolute atomic E-state index is 0.0569. The van der Waals surface area contributed by atoms with Gasteiger partial charge in [-0.15, -0.1) is 0 Å². The third-order valence-corrected chi connectivity index (χ3v) is 23.6. The number of hydrogen-bond donors (Lipinski definition) is 11. The molecule has 0 bridgehead atoms. The van der Waals surface area contributed by atoms with Crippen LogP contribution in [0.2, 0.25) is 0 Å². The van der Waals surface area contributed by atoms with E-state index in [9.17, 15) is 30.0 Å². The predicted molar refractivity (Wildman–Crippen MR) is 548 cm³/mol. The highest BCUT2D eigenvalue weighted by Gasteiger charge is 2.29. The van der Waals surface area contributed by atoms with E-state index in [-0.39, 0.29) is 82.2 Å². The molecule has 0 aliphatic carbocycles. The van der Waals surface area contributed by atoms with Crippen LogP contribution >= 0.6 is 0 Å². The number of aromatic nitrogens is 16. The lowest BCUT2D eigenvalue weighted by Crippen LogP contribution is -2.36. The van der Waals surface area contributed by atoms with Crippen LogP contribution in [0.3, 0.4) is 0 Å². The number of aliphatic hydroxyl groups is 4. The molecule has 1 aliphatic rings. The van der Waals surface area contributed by atoms with Gasteiger partial charge in [-0.2, -0.15) is 20.4 Å². The maximum Gasteiger partial charge on any atom is 0.411 e. The Bertz CT molecular complexity index is 7030. The summed E-state index contributed by atoms with van der Waals surface area (Å²) in [5.41, 5.74) is 29.0. The van der Waals surface area contributed by atoms with Gasteiger partial charge in [0, 0.05) is 109 Å². The molecule has 0 radical (unpaired) electrons. The first kappa shape index (κ1) is 100. The van der Waals surface area contributed by atoms with Gasteiger partial charge in [-0.3, -0.25) is 10.1 Å². The number of esters is 1. The first-order valence-electron chi connectivity index (χ1n) is 47.4. The molecule has 5 aromatic carbocycles. The number of methoxy groups -OCH3 is 1. The molecule has 36 heteroatoms. The molecule has 18 rings (SSSR count). The number of carbonyl (C=O) groups excluding carboxylic acids is 2. The Morgan fingerprint density at radius 3 is 1.17 bits per heavy atom. The van der Waals surface area contributed by atoms with E-state index in [1.807, 2.05) is 241 Å². The molecule has 1 aliphatic heterocycles. The molecule has 4 unspecified atom stereocenters. The second-order valence-corrected chi connectivity index (χ2v) is 35.5. The van der Waals surface area contributed by atoms with E-state index in [2.05, 4.69) is 118 Å².